The number of nitrogens with one attached hydrogen (secondary N) is 2. The molecule has 0 bridgehead atoms. The summed E-state index contributed by atoms with van der Waals surface area (Å²) in [6.45, 7) is 1.92. The van der Waals surface area contributed by atoms with E-state index >= 15 is 0 Å². The molecule has 2 rings (SSSR count). The molecule has 0 aliphatic carbocycles. The summed E-state index contributed by atoms with van der Waals surface area (Å²) >= 11 is 0. The van der Waals surface area contributed by atoms with Gasteiger partial charge in [-0.2, -0.15) is 5.10 Å². The number of hydrogen-bond donors (Lipinski definition) is 2. The Balaban J connectivity index is 0.00000162. The van der Waals surface area contributed by atoms with Gasteiger partial charge in [-0.1, -0.05) is 0 Å². The Hall–Kier alpha value is -1.66. The number of nitro groups is 1. The zero-order chi connectivity index (χ0) is 12.1. The van der Waals surface area contributed by atoms with Crippen molar-refractivity contribution in [1.82, 2.24) is 5.32 Å². The van der Waals surface area contributed by atoms with Gasteiger partial charge in [-0.3, -0.25) is 15.5 Å². The highest BCUT2D eigenvalue weighted by Gasteiger charge is 2.06. The Kier molecular flexibility index (Phi) is 5.54. The van der Waals surface area contributed by atoms with Crippen molar-refractivity contribution in [3.8, 4) is 0 Å². The molecular weight excluding hydrogens is 256 g/mol. The third-order valence-electron chi connectivity index (χ3n) is 2.60. The summed E-state index contributed by atoms with van der Waals surface area (Å²) in [5, 5.41) is 18.0. The first-order chi connectivity index (χ1) is 8.25. The second kappa shape index (κ2) is 6.93. The van der Waals surface area contributed by atoms with E-state index in [0.29, 0.717) is 0 Å². The molecule has 1 heterocycles. The van der Waals surface area contributed by atoms with Crippen LogP contribution in [0.15, 0.2) is 29.4 Å². The minimum Gasteiger partial charge on any atom is -0.316 e. The van der Waals surface area contributed by atoms with Gasteiger partial charge in [-0.25, -0.2) is 0 Å². The second-order valence-electron chi connectivity index (χ2n) is 3.84. The average molecular weight is 271 g/mol. The monoisotopic (exact) mass is 270 g/mol. The van der Waals surface area contributed by atoms with E-state index in [1.54, 1.807) is 12.1 Å². The minimum absolute atomic E-state index is 0. The van der Waals surface area contributed by atoms with Crippen molar-refractivity contribution in [3.05, 3.63) is 34.4 Å². The number of anilines is 1. The molecule has 0 radical (unpaired) electrons. The van der Waals surface area contributed by atoms with Crippen LogP contribution in [0.4, 0.5) is 11.4 Å². The molecule has 7 heteroatoms. The van der Waals surface area contributed by atoms with E-state index < -0.39 is 4.92 Å². The predicted molar refractivity (Wildman–Crippen MR) is 73.5 cm³/mol. The van der Waals surface area contributed by atoms with Gasteiger partial charge in [0.25, 0.3) is 5.69 Å². The molecule has 0 saturated carbocycles. The van der Waals surface area contributed by atoms with Gasteiger partial charge in [-0.15, -0.1) is 12.4 Å². The number of nitro benzene ring substituents is 1. The molecule has 18 heavy (non-hydrogen) atoms. The predicted octanol–water partition coefficient (Wildman–Crippen LogP) is 2.17. The van der Waals surface area contributed by atoms with Gasteiger partial charge in [0.1, 0.15) is 0 Å². The molecule has 0 amide bonds. The van der Waals surface area contributed by atoms with E-state index in [4.69, 9.17) is 0 Å². The van der Waals surface area contributed by atoms with Gasteiger partial charge in [0.05, 0.1) is 10.6 Å². The summed E-state index contributed by atoms with van der Waals surface area (Å²) in [6.07, 6.45) is 1.89. The van der Waals surface area contributed by atoms with Gasteiger partial charge in [-0.05, 0) is 12.1 Å². The summed E-state index contributed by atoms with van der Waals surface area (Å²) < 4.78 is 0. The molecular formula is C11H15ClN4O2. The molecule has 0 unspecified atom stereocenters. The topological polar surface area (TPSA) is 79.6 Å². The van der Waals surface area contributed by atoms with Gasteiger partial charge in [0, 0.05) is 43.8 Å². The highest BCUT2D eigenvalue weighted by atomic mass is 35.5. The number of hydrazone groups is 1. The van der Waals surface area contributed by atoms with Gasteiger partial charge < -0.3 is 5.32 Å². The van der Waals surface area contributed by atoms with Crippen LogP contribution in [0.2, 0.25) is 0 Å². The Labute approximate surface area is 111 Å². The zero-order valence-electron chi connectivity index (χ0n) is 9.76. The summed E-state index contributed by atoms with van der Waals surface area (Å²) in [4.78, 5) is 10.1. The van der Waals surface area contributed by atoms with E-state index in [1.165, 1.54) is 12.1 Å². The smallest absolute Gasteiger partial charge is 0.269 e. The lowest BCUT2D eigenvalue weighted by Crippen LogP contribution is -2.28. The maximum Gasteiger partial charge on any atom is 0.269 e. The van der Waals surface area contributed by atoms with Crippen molar-refractivity contribution in [3.63, 3.8) is 0 Å². The van der Waals surface area contributed by atoms with Crippen LogP contribution < -0.4 is 10.7 Å². The second-order valence-corrected chi connectivity index (χ2v) is 3.84. The Morgan fingerprint density at radius 3 is 2.39 bits per heavy atom. The summed E-state index contributed by atoms with van der Waals surface area (Å²) in [5.74, 6) is 0. The molecule has 0 aromatic heterocycles. The third-order valence-corrected chi connectivity index (χ3v) is 2.60. The van der Waals surface area contributed by atoms with Gasteiger partial charge in [0.15, 0.2) is 0 Å². The highest BCUT2D eigenvalue weighted by Crippen LogP contribution is 2.15. The van der Waals surface area contributed by atoms with Crippen molar-refractivity contribution in [1.29, 1.82) is 0 Å². The van der Waals surface area contributed by atoms with Crippen LogP contribution in [0.3, 0.4) is 0 Å². The van der Waals surface area contributed by atoms with Crippen LogP contribution in [0.25, 0.3) is 0 Å². The standard InChI is InChI=1S/C11H14N4O2.ClH/c16-15(17)11-3-1-9(2-4-11)13-14-10-5-7-12-8-6-10;/h1-4,12-13H,5-8H2;1H. The van der Waals surface area contributed by atoms with Crippen LogP contribution in [-0.2, 0) is 0 Å². The molecule has 0 atom stereocenters. The van der Waals surface area contributed by atoms with Crippen LogP contribution in [0, 0.1) is 10.1 Å². The van der Waals surface area contributed by atoms with Crippen molar-refractivity contribution >= 4 is 29.5 Å². The molecule has 2 N–H and O–H groups in total. The first-order valence-electron chi connectivity index (χ1n) is 5.52. The van der Waals surface area contributed by atoms with Crippen LogP contribution in [0.5, 0.6) is 0 Å². The fourth-order valence-corrected chi connectivity index (χ4v) is 1.63. The minimum atomic E-state index is -0.414. The summed E-state index contributed by atoms with van der Waals surface area (Å²) in [6, 6.07) is 6.24. The fourth-order valence-electron chi connectivity index (χ4n) is 1.63. The average Bonchev–Trinajstić information content (AvgIpc) is 2.38. The number of non-ortho nitro benzene ring substituents is 1. The molecule has 1 aliphatic heterocycles. The number of rotatable bonds is 3. The number of piperidine rings is 1. The molecule has 1 aliphatic rings. The number of nitrogens with zero attached hydrogens (tertiary/aromatic N) is 2. The van der Waals surface area contributed by atoms with Crippen molar-refractivity contribution in [2.75, 3.05) is 18.5 Å². The lowest BCUT2D eigenvalue weighted by Gasteiger charge is -2.13. The maximum atomic E-state index is 10.5. The van der Waals surface area contributed by atoms with Crippen LogP contribution in [0.1, 0.15) is 12.8 Å². The van der Waals surface area contributed by atoms with Crippen molar-refractivity contribution in [2.24, 2.45) is 5.10 Å². The third kappa shape index (κ3) is 3.97. The zero-order valence-corrected chi connectivity index (χ0v) is 10.6. The lowest BCUT2D eigenvalue weighted by molar-refractivity contribution is -0.384. The molecule has 98 valence electrons. The van der Waals surface area contributed by atoms with Crippen LogP contribution >= 0.6 is 12.4 Å². The van der Waals surface area contributed by atoms with Crippen molar-refractivity contribution < 1.29 is 4.92 Å². The van der Waals surface area contributed by atoms with E-state index in [-0.39, 0.29) is 18.1 Å². The lowest BCUT2D eigenvalue weighted by atomic mass is 10.1. The number of benzene rings is 1. The molecule has 6 nitrogen and oxygen atoms in total. The number of halogens is 1. The quantitative estimate of drug-likeness (QED) is 0.652. The van der Waals surface area contributed by atoms with Crippen LogP contribution in [-0.4, -0.2) is 23.7 Å². The normalized spacial score (nSPS) is 14.6. The molecule has 1 saturated heterocycles. The molecule has 1 fully saturated rings. The van der Waals surface area contributed by atoms with Gasteiger partial charge >= 0.3 is 0 Å². The Bertz CT molecular complexity index is 425. The first kappa shape index (κ1) is 14.4. The number of hydrogen-bond acceptors (Lipinski definition) is 5. The molecule has 1 aromatic rings. The Morgan fingerprint density at radius 2 is 1.83 bits per heavy atom. The van der Waals surface area contributed by atoms with E-state index in [1.807, 2.05) is 0 Å². The van der Waals surface area contributed by atoms with Gasteiger partial charge in [0.2, 0.25) is 0 Å². The highest BCUT2D eigenvalue weighted by molar-refractivity contribution is 5.86. The van der Waals surface area contributed by atoms with Crippen molar-refractivity contribution in [2.45, 2.75) is 12.8 Å². The fraction of sp³-hybridized carbons (Fsp3) is 0.364. The largest absolute Gasteiger partial charge is 0.316 e. The van der Waals surface area contributed by atoms with E-state index in [2.05, 4.69) is 15.8 Å². The summed E-state index contributed by atoms with van der Waals surface area (Å²) in [7, 11) is 0. The SMILES string of the molecule is Cl.O=[N+]([O-])c1ccc(NN=C2CCNCC2)cc1. The summed E-state index contributed by atoms with van der Waals surface area (Å²) in [5.41, 5.74) is 4.90. The molecule has 0 spiro atoms. The first-order valence-corrected chi connectivity index (χ1v) is 5.52. The van der Waals surface area contributed by atoms with E-state index in [0.717, 1.165) is 37.3 Å². The Morgan fingerprint density at radius 1 is 1.22 bits per heavy atom. The maximum absolute atomic E-state index is 10.5. The van der Waals surface area contributed by atoms with E-state index in [9.17, 15) is 10.1 Å². The molecule has 1 aromatic carbocycles.